The molecule has 0 bridgehead atoms. The number of morpholine rings is 1. The molecule has 1 aliphatic rings. The van der Waals surface area contributed by atoms with Crippen molar-refractivity contribution in [1.82, 2.24) is 24.9 Å². The molecule has 4 heterocycles. The van der Waals surface area contributed by atoms with Crippen LogP contribution in [0.1, 0.15) is 0 Å². The lowest BCUT2D eigenvalue weighted by Crippen LogP contribution is -2.36. The lowest BCUT2D eigenvalue weighted by molar-refractivity contribution is 0.122. The number of nitrogen functional groups attached to an aromatic ring is 1. The van der Waals surface area contributed by atoms with E-state index in [1.807, 2.05) is 42.6 Å². The van der Waals surface area contributed by atoms with Crippen LogP contribution in [0.15, 0.2) is 48.8 Å². The summed E-state index contributed by atoms with van der Waals surface area (Å²) in [5, 5.41) is 0. The molecule has 1 saturated heterocycles. The van der Waals surface area contributed by atoms with Crippen LogP contribution in [0.2, 0.25) is 0 Å². The number of hydrogen-bond donors (Lipinski definition) is 2. The summed E-state index contributed by atoms with van der Waals surface area (Å²) in [5.41, 5.74) is 9.98. The summed E-state index contributed by atoms with van der Waals surface area (Å²) >= 11 is 0. The molecule has 140 valence electrons. The van der Waals surface area contributed by atoms with Gasteiger partial charge < -0.3 is 20.4 Å². The van der Waals surface area contributed by atoms with Crippen LogP contribution in [-0.4, -0.2) is 51.2 Å². The van der Waals surface area contributed by atoms with Gasteiger partial charge in [0.25, 0.3) is 0 Å². The van der Waals surface area contributed by atoms with Crippen LogP contribution in [0.4, 0.5) is 11.6 Å². The van der Waals surface area contributed by atoms with Crippen LogP contribution in [-0.2, 0) is 4.74 Å². The average molecular weight is 373 g/mol. The number of pyridine rings is 1. The molecule has 8 nitrogen and oxygen atoms in total. The number of nitrogens with one attached hydrogen (secondary N) is 1. The Hall–Kier alpha value is -3.52. The highest BCUT2D eigenvalue weighted by Gasteiger charge is 2.15. The molecule has 3 N–H and O–H groups in total. The molecule has 0 atom stereocenters. The van der Waals surface area contributed by atoms with E-state index in [2.05, 4.69) is 24.8 Å². The van der Waals surface area contributed by atoms with Crippen LogP contribution in [0.5, 0.6) is 0 Å². The van der Waals surface area contributed by atoms with Gasteiger partial charge in [0.15, 0.2) is 11.6 Å². The molecule has 0 unspecified atom stereocenters. The van der Waals surface area contributed by atoms with E-state index < -0.39 is 0 Å². The predicted octanol–water partition coefficient (Wildman–Crippen LogP) is 2.50. The largest absolute Gasteiger partial charge is 0.382 e. The molecule has 3 aromatic heterocycles. The zero-order chi connectivity index (χ0) is 18.9. The first-order valence-corrected chi connectivity index (χ1v) is 9.15. The highest BCUT2D eigenvalue weighted by molar-refractivity contribution is 5.80. The van der Waals surface area contributed by atoms with E-state index in [1.165, 1.54) is 0 Å². The summed E-state index contributed by atoms with van der Waals surface area (Å²) in [4.78, 5) is 23.6. The van der Waals surface area contributed by atoms with Crippen molar-refractivity contribution in [3.8, 4) is 22.8 Å². The molecule has 0 spiro atoms. The molecule has 0 saturated carbocycles. The Balaban J connectivity index is 1.48. The highest BCUT2D eigenvalue weighted by atomic mass is 16.5. The van der Waals surface area contributed by atoms with Gasteiger partial charge in [0.05, 0.1) is 36.1 Å². The van der Waals surface area contributed by atoms with Gasteiger partial charge in [-0.1, -0.05) is 12.1 Å². The van der Waals surface area contributed by atoms with Crippen molar-refractivity contribution in [2.45, 2.75) is 0 Å². The standard InChI is InChI=1S/C20H19N7O/c21-19-18(20-25-14-3-1-2-4-15(14)26-20)24-16(12-23-19)13-5-6-17(22-11-13)27-7-9-28-10-8-27/h1-6,11-12H,7-10H2,(H2,21,23)(H,25,26). The van der Waals surface area contributed by atoms with E-state index in [0.717, 1.165) is 48.7 Å². The Morgan fingerprint density at radius 3 is 2.61 bits per heavy atom. The number of rotatable bonds is 3. The topological polar surface area (TPSA) is 106 Å². The molecule has 1 fully saturated rings. The maximum atomic E-state index is 6.08. The number of para-hydroxylation sites is 2. The Kier molecular flexibility index (Phi) is 4.10. The van der Waals surface area contributed by atoms with E-state index in [4.69, 9.17) is 15.5 Å². The molecule has 1 aliphatic heterocycles. The molecule has 4 aromatic rings. The minimum Gasteiger partial charge on any atom is -0.382 e. The Morgan fingerprint density at radius 2 is 1.82 bits per heavy atom. The number of fused-ring (bicyclic) bond motifs is 1. The van der Waals surface area contributed by atoms with Gasteiger partial charge in [-0.25, -0.2) is 19.9 Å². The second-order valence-corrected chi connectivity index (χ2v) is 6.60. The SMILES string of the molecule is Nc1ncc(-c2ccc(N3CCOCC3)nc2)nc1-c1nc2ccccc2[nH]1. The first-order valence-electron chi connectivity index (χ1n) is 9.15. The molecule has 8 heteroatoms. The predicted molar refractivity (Wildman–Crippen MR) is 108 cm³/mol. The fourth-order valence-electron chi connectivity index (χ4n) is 3.29. The summed E-state index contributed by atoms with van der Waals surface area (Å²) < 4.78 is 5.39. The van der Waals surface area contributed by atoms with Crippen molar-refractivity contribution in [1.29, 1.82) is 0 Å². The fourth-order valence-corrected chi connectivity index (χ4v) is 3.29. The van der Waals surface area contributed by atoms with Gasteiger partial charge in [-0.2, -0.15) is 0 Å². The molecule has 0 amide bonds. The van der Waals surface area contributed by atoms with Crippen LogP contribution in [0, 0.1) is 0 Å². The van der Waals surface area contributed by atoms with Gasteiger partial charge in [0.2, 0.25) is 0 Å². The van der Waals surface area contributed by atoms with Gasteiger partial charge in [-0.3, -0.25) is 0 Å². The van der Waals surface area contributed by atoms with Crippen molar-refractivity contribution in [3.63, 3.8) is 0 Å². The number of aromatic nitrogens is 5. The third kappa shape index (κ3) is 3.03. The molecule has 5 rings (SSSR count). The average Bonchev–Trinajstić information content (AvgIpc) is 3.19. The van der Waals surface area contributed by atoms with Crippen LogP contribution < -0.4 is 10.6 Å². The molecular weight excluding hydrogens is 354 g/mol. The first kappa shape index (κ1) is 16.6. The summed E-state index contributed by atoms with van der Waals surface area (Å²) in [7, 11) is 0. The van der Waals surface area contributed by atoms with Crippen molar-refractivity contribution in [2.75, 3.05) is 36.9 Å². The monoisotopic (exact) mass is 373 g/mol. The summed E-state index contributed by atoms with van der Waals surface area (Å²) in [6.07, 6.45) is 3.47. The van der Waals surface area contributed by atoms with Gasteiger partial charge in [0, 0.05) is 24.8 Å². The minimum atomic E-state index is 0.334. The number of hydrogen-bond acceptors (Lipinski definition) is 7. The lowest BCUT2D eigenvalue weighted by Gasteiger charge is -2.27. The molecule has 28 heavy (non-hydrogen) atoms. The smallest absolute Gasteiger partial charge is 0.161 e. The van der Waals surface area contributed by atoms with E-state index in [1.54, 1.807) is 6.20 Å². The quantitative estimate of drug-likeness (QED) is 0.568. The number of nitrogens with two attached hydrogens (primary N) is 1. The first-order chi connectivity index (χ1) is 13.8. The number of H-pyrrole nitrogens is 1. The maximum absolute atomic E-state index is 6.08. The molecule has 0 radical (unpaired) electrons. The normalized spacial score (nSPS) is 14.5. The Labute approximate surface area is 161 Å². The molecule has 0 aliphatic carbocycles. The zero-order valence-corrected chi connectivity index (χ0v) is 15.2. The number of ether oxygens (including phenoxy) is 1. The maximum Gasteiger partial charge on any atom is 0.161 e. The number of benzene rings is 1. The van der Waals surface area contributed by atoms with Gasteiger partial charge in [-0.05, 0) is 24.3 Å². The van der Waals surface area contributed by atoms with Crippen molar-refractivity contribution >= 4 is 22.7 Å². The van der Waals surface area contributed by atoms with E-state index >= 15 is 0 Å². The second kappa shape index (κ2) is 6.90. The summed E-state index contributed by atoms with van der Waals surface area (Å²) in [6, 6.07) is 11.8. The van der Waals surface area contributed by atoms with E-state index in [0.29, 0.717) is 23.0 Å². The number of imidazole rings is 1. The highest BCUT2D eigenvalue weighted by Crippen LogP contribution is 2.26. The lowest BCUT2D eigenvalue weighted by atomic mass is 10.2. The molecule has 1 aromatic carbocycles. The summed E-state index contributed by atoms with van der Waals surface area (Å²) in [5.74, 6) is 1.87. The van der Waals surface area contributed by atoms with Crippen molar-refractivity contribution in [2.24, 2.45) is 0 Å². The number of nitrogens with zero attached hydrogens (tertiary/aromatic N) is 5. The van der Waals surface area contributed by atoms with Crippen LogP contribution in [0.3, 0.4) is 0 Å². The van der Waals surface area contributed by atoms with Gasteiger partial charge in [-0.15, -0.1) is 0 Å². The van der Waals surface area contributed by atoms with E-state index in [9.17, 15) is 0 Å². The zero-order valence-electron chi connectivity index (χ0n) is 15.2. The second-order valence-electron chi connectivity index (χ2n) is 6.60. The van der Waals surface area contributed by atoms with Crippen molar-refractivity contribution < 1.29 is 4.74 Å². The van der Waals surface area contributed by atoms with Gasteiger partial charge >= 0.3 is 0 Å². The Morgan fingerprint density at radius 1 is 0.964 bits per heavy atom. The summed E-state index contributed by atoms with van der Waals surface area (Å²) in [6.45, 7) is 3.16. The number of anilines is 2. The fraction of sp³-hybridized carbons (Fsp3) is 0.200. The number of aromatic amines is 1. The van der Waals surface area contributed by atoms with Crippen LogP contribution in [0.25, 0.3) is 33.8 Å². The Bertz CT molecular complexity index is 1080. The third-order valence-electron chi connectivity index (χ3n) is 4.79. The molecular formula is C20H19N7O. The van der Waals surface area contributed by atoms with Crippen molar-refractivity contribution in [3.05, 3.63) is 48.8 Å². The van der Waals surface area contributed by atoms with E-state index in [-0.39, 0.29) is 0 Å². The minimum absolute atomic E-state index is 0.334. The van der Waals surface area contributed by atoms with Crippen LogP contribution >= 0.6 is 0 Å². The third-order valence-corrected chi connectivity index (χ3v) is 4.79. The van der Waals surface area contributed by atoms with Gasteiger partial charge in [0.1, 0.15) is 11.5 Å².